The minimum atomic E-state index is -0.283. The predicted octanol–water partition coefficient (Wildman–Crippen LogP) is 4.55. The summed E-state index contributed by atoms with van der Waals surface area (Å²) in [5.41, 5.74) is 1.83. The number of halogens is 1. The molecule has 1 N–H and O–H groups in total. The molecule has 8 heteroatoms. The molecule has 0 spiro atoms. The second-order valence-corrected chi connectivity index (χ2v) is 7.40. The third-order valence-electron chi connectivity index (χ3n) is 3.18. The molecule has 124 valence electrons. The van der Waals surface area contributed by atoms with Crippen LogP contribution in [0.4, 0.5) is 5.13 Å². The first-order valence-electron chi connectivity index (χ1n) is 7.09. The SMILES string of the molecule is Cc1cc(OCC(=O)Nc2nnc(-c3cccs3)s2)cc(C)c1Cl. The number of benzene rings is 1. The second kappa shape index (κ2) is 7.29. The highest BCUT2D eigenvalue weighted by atomic mass is 35.5. The predicted molar refractivity (Wildman–Crippen MR) is 98.3 cm³/mol. The molecular formula is C16H14ClN3O2S2. The fourth-order valence-corrected chi connectivity index (χ4v) is 3.73. The lowest BCUT2D eigenvalue weighted by Gasteiger charge is -2.09. The number of amides is 1. The Labute approximate surface area is 152 Å². The highest BCUT2D eigenvalue weighted by molar-refractivity contribution is 7.23. The third-order valence-corrected chi connectivity index (χ3v) is 5.66. The molecule has 0 bridgehead atoms. The van der Waals surface area contributed by atoms with Crippen molar-refractivity contribution in [1.29, 1.82) is 0 Å². The molecule has 3 rings (SSSR count). The number of anilines is 1. The first-order valence-corrected chi connectivity index (χ1v) is 9.17. The van der Waals surface area contributed by atoms with Crippen molar-refractivity contribution < 1.29 is 9.53 Å². The molecule has 0 atom stereocenters. The fourth-order valence-electron chi connectivity index (χ4n) is 2.07. The van der Waals surface area contributed by atoms with E-state index in [0.29, 0.717) is 15.9 Å². The smallest absolute Gasteiger partial charge is 0.264 e. The Morgan fingerprint density at radius 1 is 1.29 bits per heavy atom. The van der Waals surface area contributed by atoms with E-state index >= 15 is 0 Å². The first kappa shape index (κ1) is 16.9. The van der Waals surface area contributed by atoms with Crippen molar-refractivity contribution in [2.75, 3.05) is 11.9 Å². The number of thiophene rings is 1. The van der Waals surface area contributed by atoms with Gasteiger partial charge in [0, 0.05) is 5.02 Å². The molecule has 0 fully saturated rings. The van der Waals surface area contributed by atoms with Crippen LogP contribution >= 0.6 is 34.3 Å². The molecule has 0 saturated carbocycles. The maximum absolute atomic E-state index is 12.0. The number of ether oxygens (including phenoxy) is 1. The molecule has 5 nitrogen and oxygen atoms in total. The number of carbonyl (C=O) groups is 1. The van der Waals surface area contributed by atoms with Crippen molar-refractivity contribution in [2.24, 2.45) is 0 Å². The molecule has 1 aromatic carbocycles. The molecular weight excluding hydrogens is 366 g/mol. The van der Waals surface area contributed by atoms with Gasteiger partial charge >= 0.3 is 0 Å². The molecule has 1 amide bonds. The van der Waals surface area contributed by atoms with E-state index in [0.717, 1.165) is 21.0 Å². The molecule has 3 aromatic rings. The Balaban J connectivity index is 1.58. The van der Waals surface area contributed by atoms with Crippen LogP contribution in [-0.4, -0.2) is 22.7 Å². The highest BCUT2D eigenvalue weighted by Gasteiger charge is 2.11. The minimum Gasteiger partial charge on any atom is -0.484 e. The number of hydrogen-bond donors (Lipinski definition) is 1. The van der Waals surface area contributed by atoms with Crippen LogP contribution in [0.15, 0.2) is 29.6 Å². The largest absolute Gasteiger partial charge is 0.484 e. The van der Waals surface area contributed by atoms with Crippen molar-refractivity contribution in [3.05, 3.63) is 45.8 Å². The van der Waals surface area contributed by atoms with Crippen LogP contribution in [0.2, 0.25) is 5.02 Å². The minimum absolute atomic E-state index is 0.103. The summed E-state index contributed by atoms with van der Waals surface area (Å²) in [6, 6.07) is 7.53. The number of rotatable bonds is 5. The first-order chi connectivity index (χ1) is 11.5. The van der Waals surface area contributed by atoms with E-state index in [1.54, 1.807) is 11.3 Å². The van der Waals surface area contributed by atoms with Gasteiger partial charge in [-0.05, 0) is 48.6 Å². The van der Waals surface area contributed by atoms with Crippen LogP contribution in [0.3, 0.4) is 0 Å². The van der Waals surface area contributed by atoms with Crippen LogP contribution in [0.5, 0.6) is 5.75 Å². The topological polar surface area (TPSA) is 64.1 Å². The lowest BCUT2D eigenvalue weighted by atomic mass is 10.1. The maximum Gasteiger partial charge on any atom is 0.264 e. The molecule has 0 saturated heterocycles. The number of hydrogen-bond acceptors (Lipinski definition) is 6. The summed E-state index contributed by atoms with van der Waals surface area (Å²) >= 11 is 9.03. The summed E-state index contributed by atoms with van der Waals surface area (Å²) in [5, 5.41) is 14.7. The van der Waals surface area contributed by atoms with E-state index < -0.39 is 0 Å². The Bertz CT molecular complexity index is 839. The lowest BCUT2D eigenvalue weighted by molar-refractivity contribution is -0.118. The molecule has 2 heterocycles. The fraction of sp³-hybridized carbons (Fsp3) is 0.188. The molecule has 2 aromatic heterocycles. The third kappa shape index (κ3) is 3.92. The van der Waals surface area contributed by atoms with E-state index in [1.807, 2.05) is 43.5 Å². The summed E-state index contributed by atoms with van der Waals surface area (Å²) < 4.78 is 5.52. The van der Waals surface area contributed by atoms with Gasteiger partial charge in [-0.25, -0.2) is 0 Å². The lowest BCUT2D eigenvalue weighted by Crippen LogP contribution is -2.20. The van der Waals surface area contributed by atoms with Gasteiger partial charge in [0.25, 0.3) is 5.91 Å². The van der Waals surface area contributed by atoms with Gasteiger partial charge in [-0.3, -0.25) is 10.1 Å². The van der Waals surface area contributed by atoms with Crippen LogP contribution in [0.1, 0.15) is 11.1 Å². The molecule has 0 aliphatic carbocycles. The summed E-state index contributed by atoms with van der Waals surface area (Å²) in [5.74, 6) is 0.329. The van der Waals surface area contributed by atoms with Gasteiger partial charge in [0.2, 0.25) is 5.13 Å². The number of aryl methyl sites for hydroxylation is 2. The van der Waals surface area contributed by atoms with E-state index in [1.165, 1.54) is 11.3 Å². The van der Waals surface area contributed by atoms with Crippen LogP contribution in [0.25, 0.3) is 9.88 Å². The average Bonchev–Trinajstić information content (AvgIpc) is 3.21. The van der Waals surface area contributed by atoms with E-state index in [9.17, 15) is 4.79 Å². The standard InChI is InChI=1S/C16H14ClN3O2S2/c1-9-6-11(7-10(2)14(9)17)22-8-13(21)18-16-20-19-15(24-16)12-4-3-5-23-12/h3-7H,8H2,1-2H3,(H,18,20,21). The van der Waals surface area contributed by atoms with Gasteiger partial charge < -0.3 is 4.74 Å². The summed E-state index contributed by atoms with van der Waals surface area (Å²) in [6.45, 7) is 3.69. The Morgan fingerprint density at radius 2 is 2.04 bits per heavy atom. The molecule has 0 aliphatic rings. The van der Waals surface area contributed by atoms with Crippen molar-refractivity contribution >= 4 is 45.3 Å². The number of carbonyl (C=O) groups excluding carboxylic acids is 1. The average molecular weight is 380 g/mol. The molecule has 0 unspecified atom stereocenters. The molecule has 24 heavy (non-hydrogen) atoms. The van der Waals surface area contributed by atoms with Gasteiger partial charge in [0.1, 0.15) is 5.75 Å². The summed E-state index contributed by atoms with van der Waals surface area (Å²) in [7, 11) is 0. The van der Waals surface area contributed by atoms with Crippen LogP contribution < -0.4 is 10.1 Å². The van der Waals surface area contributed by atoms with Crippen molar-refractivity contribution in [3.8, 4) is 15.6 Å². The van der Waals surface area contributed by atoms with E-state index in [4.69, 9.17) is 16.3 Å². The highest BCUT2D eigenvalue weighted by Crippen LogP contribution is 2.29. The van der Waals surface area contributed by atoms with Gasteiger partial charge in [0.15, 0.2) is 11.6 Å². The van der Waals surface area contributed by atoms with Crippen molar-refractivity contribution in [1.82, 2.24) is 10.2 Å². The van der Waals surface area contributed by atoms with Crippen LogP contribution in [0, 0.1) is 13.8 Å². The Kier molecular flexibility index (Phi) is 5.13. The van der Waals surface area contributed by atoms with Crippen molar-refractivity contribution in [3.63, 3.8) is 0 Å². The van der Waals surface area contributed by atoms with E-state index in [2.05, 4.69) is 15.5 Å². The van der Waals surface area contributed by atoms with E-state index in [-0.39, 0.29) is 12.5 Å². The van der Waals surface area contributed by atoms with Gasteiger partial charge in [0.05, 0.1) is 4.88 Å². The normalized spacial score (nSPS) is 10.6. The zero-order valence-corrected chi connectivity index (χ0v) is 15.4. The van der Waals surface area contributed by atoms with Crippen molar-refractivity contribution in [2.45, 2.75) is 13.8 Å². The Morgan fingerprint density at radius 3 is 2.71 bits per heavy atom. The molecule has 0 radical (unpaired) electrons. The maximum atomic E-state index is 12.0. The Hall–Kier alpha value is -1.96. The monoisotopic (exact) mass is 379 g/mol. The zero-order valence-electron chi connectivity index (χ0n) is 13.0. The molecule has 0 aliphatic heterocycles. The van der Waals surface area contributed by atoms with Gasteiger partial charge in [-0.2, -0.15) is 0 Å². The number of aromatic nitrogens is 2. The zero-order chi connectivity index (χ0) is 17.1. The number of nitrogens with zero attached hydrogens (tertiary/aromatic N) is 2. The van der Waals surface area contributed by atoms with Crippen LogP contribution in [-0.2, 0) is 4.79 Å². The summed E-state index contributed by atoms with van der Waals surface area (Å²) in [4.78, 5) is 13.0. The quantitative estimate of drug-likeness (QED) is 0.706. The summed E-state index contributed by atoms with van der Waals surface area (Å²) in [6.07, 6.45) is 0. The van der Waals surface area contributed by atoms with Gasteiger partial charge in [-0.15, -0.1) is 21.5 Å². The number of nitrogens with one attached hydrogen (secondary N) is 1. The second-order valence-electron chi connectivity index (χ2n) is 5.10. The van der Waals surface area contributed by atoms with Gasteiger partial charge in [-0.1, -0.05) is 29.0 Å².